The third kappa shape index (κ3) is 46.7. The van der Waals surface area contributed by atoms with Crippen LogP contribution in [0.4, 0.5) is 0 Å². The van der Waals surface area contributed by atoms with Crippen LogP contribution in [-0.4, -0.2) is 26.2 Å². The average Bonchev–Trinajstić information content (AvgIpc) is 2.31. The van der Waals surface area contributed by atoms with Crippen LogP contribution in [0.25, 0.3) is 10.6 Å². The topological polar surface area (TPSA) is 28.2 Å². The molecule has 0 saturated carbocycles. The first kappa shape index (κ1) is 16.6. The molecule has 2 nitrogen and oxygen atoms in total. The van der Waals surface area contributed by atoms with Gasteiger partial charge >= 0.3 is 21.1 Å². The molecule has 0 atom stereocenters. The van der Waals surface area contributed by atoms with E-state index in [1.54, 1.807) is 0 Å². The van der Waals surface area contributed by atoms with Gasteiger partial charge in [0.2, 0.25) is 0 Å². The molecule has 0 spiro atoms. The molecular weight excluding hydrogens is 342 g/mol. The number of halogens is 2. The van der Waals surface area contributed by atoms with Gasteiger partial charge < -0.3 is 35.4 Å². The summed E-state index contributed by atoms with van der Waals surface area (Å²) < 4.78 is 0. The van der Waals surface area contributed by atoms with Gasteiger partial charge in [-0.25, -0.2) is 0 Å². The van der Waals surface area contributed by atoms with E-state index in [2.05, 4.69) is 10.6 Å². The number of hydrogen-bond donors (Lipinski definition) is 0. The van der Waals surface area contributed by atoms with Crippen molar-refractivity contribution >= 4 is 0 Å². The first-order valence-corrected chi connectivity index (χ1v) is 2.26. The molecule has 0 radical (unpaired) electrons. The second-order valence-corrected chi connectivity index (χ2v) is 1.34. The van der Waals surface area contributed by atoms with Gasteiger partial charge in [-0.1, -0.05) is 0 Å². The number of hydrogen-bond acceptors (Lipinski definition) is 0. The summed E-state index contributed by atoms with van der Waals surface area (Å²) in [4.78, 5) is 0. The Morgan fingerprint density at radius 2 is 0.778 bits per heavy atom. The molecule has 2 aliphatic heterocycles. The van der Waals surface area contributed by atoms with Crippen LogP contribution >= 0.6 is 0 Å². The first-order chi connectivity index (χ1) is 3.00. The van der Waals surface area contributed by atoms with Crippen LogP contribution in [0.5, 0.6) is 0 Å². The normalized spacial score (nSPS) is 16.0. The Morgan fingerprint density at radius 1 is 0.667 bits per heavy atom. The van der Waals surface area contributed by atoms with Crippen molar-refractivity contribution in [2.24, 2.45) is 0 Å². The fourth-order valence-electron chi connectivity index (χ4n) is 0. The molecule has 0 unspecified atom stereocenters. The Bertz CT molecular complexity index is 32.0. The predicted octanol–water partition coefficient (Wildman–Crippen LogP) is -5.25. The minimum absolute atomic E-state index is 0. The van der Waals surface area contributed by atoms with Crippen molar-refractivity contribution in [2.75, 3.05) is 26.2 Å². The van der Waals surface area contributed by atoms with Gasteiger partial charge in [0.1, 0.15) is 0 Å². The number of rotatable bonds is 0. The summed E-state index contributed by atoms with van der Waals surface area (Å²) >= 11 is 0. The van der Waals surface area contributed by atoms with Gasteiger partial charge in [0.15, 0.2) is 0 Å². The van der Waals surface area contributed by atoms with Gasteiger partial charge in [-0.15, -0.1) is 0 Å². The van der Waals surface area contributed by atoms with Gasteiger partial charge in [-0.2, -0.15) is 26.2 Å². The fraction of sp³-hybridized carbons (Fsp3) is 1.00. The zero-order valence-corrected chi connectivity index (χ0v) is 8.58. The van der Waals surface area contributed by atoms with Gasteiger partial charge in [-0.3, -0.25) is 0 Å². The zero-order chi connectivity index (χ0) is 4.24. The van der Waals surface area contributed by atoms with Gasteiger partial charge in [0, 0.05) is 0 Å². The summed E-state index contributed by atoms with van der Waals surface area (Å²) in [7, 11) is 0. The second kappa shape index (κ2) is 11.9. The molecule has 2 fully saturated rings. The van der Waals surface area contributed by atoms with Gasteiger partial charge in [0.05, 0.1) is 0 Å². The maximum absolute atomic E-state index is 3.75. The standard InChI is InChI=1S/2C2H4N.2ClH.Pt/c2*1-2-3-1;;;/h2*1-2H2;2*1H;/q2*-1;;;+4/p-2. The summed E-state index contributed by atoms with van der Waals surface area (Å²) in [6.07, 6.45) is 0. The molecule has 2 saturated heterocycles. The van der Waals surface area contributed by atoms with E-state index in [0.29, 0.717) is 0 Å². The minimum atomic E-state index is 0. The van der Waals surface area contributed by atoms with Crippen LogP contribution < -0.4 is 24.8 Å². The van der Waals surface area contributed by atoms with Crippen LogP contribution in [-0.2, 0) is 21.1 Å². The molecule has 0 aromatic rings. The van der Waals surface area contributed by atoms with E-state index in [-0.39, 0.29) is 45.9 Å². The summed E-state index contributed by atoms with van der Waals surface area (Å²) in [6, 6.07) is 0. The monoisotopic (exact) mass is 349 g/mol. The van der Waals surface area contributed by atoms with E-state index in [1.807, 2.05) is 0 Å². The van der Waals surface area contributed by atoms with E-state index in [4.69, 9.17) is 0 Å². The van der Waals surface area contributed by atoms with Crippen LogP contribution in [0.3, 0.4) is 0 Å². The molecule has 0 amide bonds. The van der Waals surface area contributed by atoms with Gasteiger partial charge in [-0.05, 0) is 0 Å². The SMILES string of the molecule is C1C[N-]1.C1C[N-]1.[Cl-].[Cl-].[Pt+4]. The van der Waals surface area contributed by atoms with Crippen LogP contribution in [0.1, 0.15) is 0 Å². The van der Waals surface area contributed by atoms with Crippen molar-refractivity contribution in [1.29, 1.82) is 0 Å². The molecule has 9 heavy (non-hydrogen) atoms. The van der Waals surface area contributed by atoms with Crippen molar-refractivity contribution in [3.8, 4) is 0 Å². The van der Waals surface area contributed by atoms with Gasteiger partial charge in [0.25, 0.3) is 0 Å². The van der Waals surface area contributed by atoms with E-state index in [1.165, 1.54) is 0 Å². The maximum atomic E-state index is 3.75. The van der Waals surface area contributed by atoms with E-state index < -0.39 is 0 Å². The smallest absolute Gasteiger partial charge is 1.00 e. The Labute approximate surface area is 82.6 Å². The summed E-state index contributed by atoms with van der Waals surface area (Å²) in [5, 5.41) is 7.50. The molecule has 2 heterocycles. The summed E-state index contributed by atoms with van der Waals surface area (Å²) in [5.74, 6) is 0. The summed E-state index contributed by atoms with van der Waals surface area (Å²) in [6.45, 7) is 4.50. The minimum Gasteiger partial charge on any atom is -1.00 e. The van der Waals surface area contributed by atoms with Crippen LogP contribution in [0.2, 0.25) is 0 Å². The van der Waals surface area contributed by atoms with E-state index >= 15 is 0 Å². The molecule has 0 aliphatic carbocycles. The Kier molecular flexibility index (Phi) is 22.1. The summed E-state index contributed by atoms with van der Waals surface area (Å²) in [5.41, 5.74) is 0. The molecule has 2 aliphatic rings. The molecule has 0 bridgehead atoms. The van der Waals surface area contributed by atoms with Crippen molar-refractivity contribution < 1.29 is 45.9 Å². The molecule has 0 N–H and O–H groups in total. The molecule has 58 valence electrons. The Morgan fingerprint density at radius 3 is 0.778 bits per heavy atom. The molecule has 0 aromatic heterocycles. The first-order valence-electron chi connectivity index (χ1n) is 2.26. The van der Waals surface area contributed by atoms with Crippen molar-refractivity contribution in [3.63, 3.8) is 0 Å². The van der Waals surface area contributed by atoms with Crippen LogP contribution in [0.15, 0.2) is 0 Å². The Hall–Kier alpha value is 1.19. The molecular formula is C4H8Cl2N2Pt. The zero-order valence-electron chi connectivity index (χ0n) is 4.80. The maximum Gasteiger partial charge on any atom is 4.00 e. The van der Waals surface area contributed by atoms with Crippen molar-refractivity contribution in [1.82, 2.24) is 0 Å². The molecule has 2 rings (SSSR count). The van der Waals surface area contributed by atoms with E-state index in [0.717, 1.165) is 26.2 Å². The van der Waals surface area contributed by atoms with Crippen LogP contribution in [0, 0.1) is 0 Å². The quantitative estimate of drug-likeness (QED) is 0.391. The van der Waals surface area contributed by atoms with Crippen molar-refractivity contribution in [3.05, 3.63) is 10.6 Å². The second-order valence-electron chi connectivity index (χ2n) is 1.34. The molecule has 5 heteroatoms. The fourth-order valence-corrected chi connectivity index (χ4v) is 0. The average molecular weight is 350 g/mol. The molecule has 0 aromatic carbocycles. The third-order valence-electron chi connectivity index (χ3n) is 0.447. The number of nitrogens with zero attached hydrogens (tertiary/aromatic N) is 2. The van der Waals surface area contributed by atoms with Crippen molar-refractivity contribution in [2.45, 2.75) is 0 Å². The third-order valence-corrected chi connectivity index (χ3v) is 0.447. The predicted molar refractivity (Wildman–Crippen MR) is 26.2 cm³/mol. The van der Waals surface area contributed by atoms with E-state index in [9.17, 15) is 0 Å². The Balaban J connectivity index is -0.0000000600. The largest absolute Gasteiger partial charge is 4.00 e.